The van der Waals surface area contributed by atoms with Gasteiger partial charge in [0, 0.05) is 27.3 Å². The first-order chi connectivity index (χ1) is 8.65. The molecule has 2 saturated heterocycles. The maximum absolute atomic E-state index is 12.6. The quantitative estimate of drug-likeness (QED) is 0.786. The molecule has 2 heterocycles. The first kappa shape index (κ1) is 12.4. The number of halogens is 1. The molecular formula is C14H17IN2O. The van der Waals surface area contributed by atoms with Crippen molar-refractivity contribution >= 4 is 28.5 Å². The van der Waals surface area contributed by atoms with Gasteiger partial charge in [0.1, 0.15) is 0 Å². The number of hydrogen-bond acceptors (Lipinski definition) is 2. The summed E-state index contributed by atoms with van der Waals surface area (Å²) in [5.41, 5.74) is 6.85. The molecule has 2 bridgehead atoms. The van der Waals surface area contributed by atoms with E-state index in [1.165, 1.54) is 0 Å². The summed E-state index contributed by atoms with van der Waals surface area (Å²) >= 11 is 2.26. The highest BCUT2D eigenvalue weighted by atomic mass is 127. The highest BCUT2D eigenvalue weighted by Crippen LogP contribution is 2.36. The van der Waals surface area contributed by atoms with Gasteiger partial charge in [-0.05, 0) is 72.5 Å². The minimum absolute atomic E-state index is 0.186. The van der Waals surface area contributed by atoms with Crippen molar-refractivity contribution < 1.29 is 4.79 Å². The van der Waals surface area contributed by atoms with Crippen molar-refractivity contribution in [3.63, 3.8) is 0 Å². The normalized spacial score (nSPS) is 30.6. The lowest BCUT2D eigenvalue weighted by atomic mass is 9.97. The molecule has 18 heavy (non-hydrogen) atoms. The van der Waals surface area contributed by atoms with Crippen LogP contribution >= 0.6 is 22.6 Å². The van der Waals surface area contributed by atoms with Gasteiger partial charge in [-0.1, -0.05) is 0 Å². The Bertz CT molecular complexity index is 445. The van der Waals surface area contributed by atoms with E-state index in [4.69, 9.17) is 5.73 Å². The minimum atomic E-state index is 0.186. The number of piperidine rings is 1. The molecule has 0 aliphatic carbocycles. The summed E-state index contributed by atoms with van der Waals surface area (Å²) in [5.74, 6) is 0.186. The molecule has 2 atom stereocenters. The third kappa shape index (κ3) is 2.16. The molecule has 3 nitrogen and oxygen atoms in total. The van der Waals surface area contributed by atoms with Gasteiger partial charge < -0.3 is 10.6 Å². The molecule has 2 unspecified atom stereocenters. The SMILES string of the molecule is NC1CC2CCC(C1)N2C(=O)c1ccc(I)cc1. The second-order valence-electron chi connectivity index (χ2n) is 5.34. The summed E-state index contributed by atoms with van der Waals surface area (Å²) in [6.45, 7) is 0. The standard InChI is InChI=1S/C14H17IN2O/c15-10-3-1-9(2-4-10)14(18)17-12-5-6-13(17)8-11(16)7-12/h1-4,11-13H,5-8,16H2. The average Bonchev–Trinajstić information content (AvgIpc) is 2.62. The zero-order valence-corrected chi connectivity index (χ0v) is 12.3. The zero-order valence-electron chi connectivity index (χ0n) is 10.2. The van der Waals surface area contributed by atoms with Gasteiger partial charge in [-0.15, -0.1) is 0 Å². The monoisotopic (exact) mass is 356 g/mol. The topological polar surface area (TPSA) is 46.3 Å². The Balaban J connectivity index is 1.83. The van der Waals surface area contributed by atoms with E-state index in [-0.39, 0.29) is 11.9 Å². The number of fused-ring (bicyclic) bond motifs is 2. The van der Waals surface area contributed by atoms with Gasteiger partial charge in [0.15, 0.2) is 0 Å². The Kier molecular flexibility index (Phi) is 3.32. The molecule has 96 valence electrons. The van der Waals surface area contributed by atoms with Crippen LogP contribution in [0, 0.1) is 3.57 Å². The fourth-order valence-electron chi connectivity index (χ4n) is 3.29. The molecule has 2 aliphatic rings. The van der Waals surface area contributed by atoms with Gasteiger partial charge >= 0.3 is 0 Å². The summed E-state index contributed by atoms with van der Waals surface area (Å²) in [4.78, 5) is 14.7. The lowest BCUT2D eigenvalue weighted by molar-refractivity contribution is 0.0575. The Morgan fingerprint density at radius 3 is 2.28 bits per heavy atom. The van der Waals surface area contributed by atoms with E-state index in [1.807, 2.05) is 24.3 Å². The van der Waals surface area contributed by atoms with E-state index in [1.54, 1.807) is 0 Å². The number of amides is 1. The van der Waals surface area contributed by atoms with Crippen LogP contribution in [0.2, 0.25) is 0 Å². The van der Waals surface area contributed by atoms with Crippen molar-refractivity contribution in [1.29, 1.82) is 0 Å². The van der Waals surface area contributed by atoms with Crippen LogP contribution in [0.3, 0.4) is 0 Å². The molecule has 1 aromatic rings. The van der Waals surface area contributed by atoms with Crippen molar-refractivity contribution in [2.75, 3.05) is 0 Å². The molecular weight excluding hydrogens is 339 g/mol. The van der Waals surface area contributed by atoms with Crippen molar-refractivity contribution in [3.8, 4) is 0 Å². The van der Waals surface area contributed by atoms with Gasteiger partial charge in [0.05, 0.1) is 0 Å². The molecule has 0 saturated carbocycles. The molecule has 0 aromatic heterocycles. The Morgan fingerprint density at radius 1 is 1.17 bits per heavy atom. The van der Waals surface area contributed by atoms with E-state index in [0.717, 1.165) is 34.8 Å². The maximum atomic E-state index is 12.6. The molecule has 0 spiro atoms. The first-order valence-electron chi connectivity index (χ1n) is 6.49. The van der Waals surface area contributed by atoms with Gasteiger partial charge in [0.25, 0.3) is 5.91 Å². The zero-order chi connectivity index (χ0) is 12.7. The predicted octanol–water partition coefficient (Wildman–Crippen LogP) is 2.39. The van der Waals surface area contributed by atoms with E-state index >= 15 is 0 Å². The molecule has 0 radical (unpaired) electrons. The van der Waals surface area contributed by atoms with Crippen LogP contribution in [-0.2, 0) is 0 Å². The second kappa shape index (κ2) is 4.81. The fraction of sp³-hybridized carbons (Fsp3) is 0.500. The van der Waals surface area contributed by atoms with E-state index in [0.29, 0.717) is 12.1 Å². The van der Waals surface area contributed by atoms with E-state index in [9.17, 15) is 4.79 Å². The molecule has 2 fully saturated rings. The van der Waals surface area contributed by atoms with Crippen LogP contribution in [-0.4, -0.2) is 28.9 Å². The Morgan fingerprint density at radius 2 is 1.72 bits per heavy atom. The second-order valence-corrected chi connectivity index (χ2v) is 6.58. The summed E-state index contributed by atoms with van der Waals surface area (Å²) in [6, 6.07) is 8.85. The molecule has 4 heteroatoms. The molecule has 1 aromatic carbocycles. The number of nitrogens with two attached hydrogens (primary N) is 1. The molecule has 2 N–H and O–H groups in total. The number of hydrogen-bond donors (Lipinski definition) is 1. The summed E-state index contributed by atoms with van der Waals surface area (Å²) in [7, 11) is 0. The van der Waals surface area contributed by atoms with Crippen molar-refractivity contribution in [3.05, 3.63) is 33.4 Å². The van der Waals surface area contributed by atoms with Crippen LogP contribution in [0.4, 0.5) is 0 Å². The maximum Gasteiger partial charge on any atom is 0.254 e. The van der Waals surface area contributed by atoms with Crippen LogP contribution in [0.25, 0.3) is 0 Å². The van der Waals surface area contributed by atoms with Crippen molar-refractivity contribution in [1.82, 2.24) is 4.90 Å². The number of benzene rings is 1. The van der Waals surface area contributed by atoms with Crippen LogP contribution < -0.4 is 5.73 Å². The number of nitrogens with zero attached hydrogens (tertiary/aromatic N) is 1. The minimum Gasteiger partial charge on any atom is -0.333 e. The third-order valence-electron chi connectivity index (χ3n) is 4.10. The molecule has 3 rings (SSSR count). The highest BCUT2D eigenvalue weighted by molar-refractivity contribution is 14.1. The van der Waals surface area contributed by atoms with Gasteiger partial charge in [-0.2, -0.15) is 0 Å². The van der Waals surface area contributed by atoms with Crippen molar-refractivity contribution in [2.45, 2.75) is 43.8 Å². The van der Waals surface area contributed by atoms with Gasteiger partial charge in [-0.3, -0.25) is 4.79 Å². The summed E-state index contributed by atoms with van der Waals surface area (Å²) < 4.78 is 1.16. The van der Waals surface area contributed by atoms with Crippen LogP contribution in [0.5, 0.6) is 0 Å². The predicted molar refractivity (Wildman–Crippen MR) is 79.3 cm³/mol. The van der Waals surface area contributed by atoms with Gasteiger partial charge in [0.2, 0.25) is 0 Å². The molecule has 1 amide bonds. The third-order valence-corrected chi connectivity index (χ3v) is 4.81. The average molecular weight is 356 g/mol. The number of rotatable bonds is 1. The summed E-state index contributed by atoms with van der Waals surface area (Å²) in [5, 5.41) is 0. The van der Waals surface area contributed by atoms with Crippen molar-refractivity contribution in [2.24, 2.45) is 5.73 Å². The first-order valence-corrected chi connectivity index (χ1v) is 7.57. The van der Waals surface area contributed by atoms with E-state index < -0.39 is 0 Å². The highest BCUT2D eigenvalue weighted by Gasteiger charge is 2.42. The smallest absolute Gasteiger partial charge is 0.254 e. The van der Waals surface area contributed by atoms with Crippen LogP contribution in [0.15, 0.2) is 24.3 Å². The Labute approximate surface area is 121 Å². The lowest BCUT2D eigenvalue weighted by Gasteiger charge is -2.37. The van der Waals surface area contributed by atoms with Gasteiger partial charge in [-0.25, -0.2) is 0 Å². The lowest BCUT2D eigenvalue weighted by Crippen LogP contribution is -2.50. The number of carbonyl (C=O) groups excluding carboxylic acids is 1. The summed E-state index contributed by atoms with van der Waals surface area (Å²) in [6.07, 6.45) is 4.17. The Hall–Kier alpha value is -0.620. The molecule has 2 aliphatic heterocycles. The number of carbonyl (C=O) groups is 1. The van der Waals surface area contributed by atoms with E-state index in [2.05, 4.69) is 27.5 Å². The fourth-order valence-corrected chi connectivity index (χ4v) is 3.65. The van der Waals surface area contributed by atoms with Crippen LogP contribution in [0.1, 0.15) is 36.0 Å². The largest absolute Gasteiger partial charge is 0.333 e.